The Kier molecular flexibility index (Phi) is 15.7. The summed E-state index contributed by atoms with van der Waals surface area (Å²) in [7, 11) is 0. The number of hydrogen-bond donors (Lipinski definition) is 0. The molecule has 0 bridgehead atoms. The number of hydrogen-bond acceptors (Lipinski definition) is 0. The number of rotatable bonds is 14. The van der Waals surface area contributed by atoms with Gasteiger partial charge in [0.15, 0.2) is 0 Å². The van der Waals surface area contributed by atoms with E-state index in [1.807, 2.05) is 0 Å². The van der Waals surface area contributed by atoms with Gasteiger partial charge in [-0.25, -0.2) is 0 Å². The molecular weight excluding hydrogens is 940 g/mol. The minimum atomic E-state index is -4.37. The topological polar surface area (TPSA) is 0 Å². The van der Waals surface area contributed by atoms with E-state index in [4.69, 9.17) is 66.5 Å². The van der Waals surface area contributed by atoms with E-state index in [1.165, 1.54) is 44.5 Å². The molecule has 0 amide bonds. The minimum Gasteiger partial charge on any atom is -0.147 e. The number of halogens is 8. The largest absolute Gasteiger partial charge is 0.147 e. The SMILES string of the molecule is CCC1=Cc2c(-c3ccccc3)cccc2[CH]1[Zr](=[SiH2])([CH2]CC[Si](Cl)(Cl)Cl)([CH2]CC[Si](Cl)(Cl)Cl)[CH]1C(CC)=Cc2c(-c3ccccc3)cccc21.Cl.Cl. The van der Waals surface area contributed by atoms with E-state index in [1.54, 1.807) is 11.1 Å². The molecule has 6 rings (SSSR count). The summed E-state index contributed by atoms with van der Waals surface area (Å²) in [5.41, 5.74) is 13.9. The standard InChI is InChI=1S/2C17H15.2C3H6Cl3Si.2ClH.H2Si.Zr/c2*1-2-13-11-15-9-6-10-16(17(15)12-13)14-7-4-3-5-8-14;2*1-2-3-7(4,5)6;;;;/h2*3-12H,2H2,1H3;2*1-3H2;2*1H;1H2;. The van der Waals surface area contributed by atoms with Crippen LogP contribution in [0.5, 0.6) is 0 Å². The van der Waals surface area contributed by atoms with Gasteiger partial charge in [0.05, 0.1) is 0 Å². The van der Waals surface area contributed by atoms with Gasteiger partial charge in [0.25, 0.3) is 0 Å². The van der Waals surface area contributed by atoms with Gasteiger partial charge in [0.2, 0.25) is 0 Å². The molecule has 0 nitrogen and oxygen atoms in total. The minimum absolute atomic E-state index is 0. The van der Waals surface area contributed by atoms with Gasteiger partial charge in [-0.1, -0.05) is 0 Å². The summed E-state index contributed by atoms with van der Waals surface area (Å²) in [6.07, 6.45) is 8.88. The van der Waals surface area contributed by atoms with Crippen LogP contribution in [0.15, 0.2) is 108 Å². The van der Waals surface area contributed by atoms with Crippen molar-refractivity contribution in [1.82, 2.24) is 0 Å². The summed E-state index contributed by atoms with van der Waals surface area (Å²) in [5.74, 6) is 0. The monoisotopic (exact) mass is 980 g/mol. The molecule has 0 fully saturated rings. The Morgan fingerprint density at radius 3 is 1.23 bits per heavy atom. The molecule has 12 heteroatoms. The van der Waals surface area contributed by atoms with Crippen molar-refractivity contribution in [3.8, 4) is 22.3 Å². The Morgan fingerprint density at radius 1 is 0.538 bits per heavy atom. The van der Waals surface area contributed by atoms with Crippen LogP contribution in [0.25, 0.3) is 34.4 Å². The van der Waals surface area contributed by atoms with Gasteiger partial charge in [-0.05, 0) is 0 Å². The van der Waals surface area contributed by atoms with Crippen LogP contribution in [0.1, 0.15) is 69.0 Å². The predicted molar refractivity (Wildman–Crippen MR) is 244 cm³/mol. The third kappa shape index (κ3) is 9.32. The van der Waals surface area contributed by atoms with Crippen molar-refractivity contribution in [2.75, 3.05) is 0 Å². The van der Waals surface area contributed by atoms with E-state index in [0.29, 0.717) is 19.3 Å². The summed E-state index contributed by atoms with van der Waals surface area (Å²) >= 11 is 35.6. The maximum absolute atomic E-state index is 6.67. The third-order valence-electron chi connectivity index (χ3n) is 11.4. The van der Waals surface area contributed by atoms with Crippen molar-refractivity contribution >= 4 is 122 Å². The zero-order valence-electron chi connectivity index (χ0n) is 29.5. The van der Waals surface area contributed by atoms with Crippen molar-refractivity contribution < 1.29 is 17.4 Å². The van der Waals surface area contributed by atoms with Crippen molar-refractivity contribution in [2.24, 2.45) is 0 Å². The normalized spacial score (nSPS) is 17.0. The Bertz CT molecular complexity index is 1840. The molecule has 0 radical (unpaired) electrons. The fourth-order valence-corrected chi connectivity index (χ4v) is 44.7. The molecule has 4 aromatic rings. The van der Waals surface area contributed by atoms with Crippen LogP contribution in [0.4, 0.5) is 0 Å². The smallest absolute Gasteiger partial charge is 0.147 e. The summed E-state index contributed by atoms with van der Waals surface area (Å²) < 4.78 is 2.85. The first-order valence-electron chi connectivity index (χ1n) is 17.7. The average Bonchev–Trinajstić information content (AvgIpc) is 3.68. The summed E-state index contributed by atoms with van der Waals surface area (Å²) in [6.45, 7) is 7.12. The number of fused-ring (bicyclic) bond motifs is 2. The van der Waals surface area contributed by atoms with Crippen molar-refractivity contribution in [2.45, 2.75) is 67.1 Å². The third-order valence-corrected chi connectivity index (χ3v) is 44.7. The molecule has 0 spiro atoms. The predicted octanol–water partition coefficient (Wildman–Crippen LogP) is 15.4. The first-order valence-corrected chi connectivity index (χ1v) is 40.4. The second-order valence-corrected chi connectivity index (χ2v) is 59.6. The molecular formula is C40H46Cl8Si3Zr. The zero-order chi connectivity index (χ0) is 35.8. The van der Waals surface area contributed by atoms with Gasteiger partial charge < -0.3 is 0 Å². The van der Waals surface area contributed by atoms with Gasteiger partial charge in [-0.2, -0.15) is 0 Å². The fraction of sp³-hybridized carbons (Fsp3) is 0.300. The van der Waals surface area contributed by atoms with Gasteiger partial charge in [0.1, 0.15) is 0 Å². The molecule has 2 aliphatic carbocycles. The van der Waals surface area contributed by atoms with Crippen LogP contribution in [0.2, 0.25) is 20.3 Å². The average molecular weight is 986 g/mol. The van der Waals surface area contributed by atoms with Crippen molar-refractivity contribution in [3.05, 3.63) is 130 Å². The first kappa shape index (κ1) is 44.9. The van der Waals surface area contributed by atoms with E-state index in [2.05, 4.69) is 130 Å². The molecule has 0 aromatic heterocycles. The van der Waals surface area contributed by atoms with E-state index < -0.39 is 29.4 Å². The van der Waals surface area contributed by atoms with E-state index in [0.717, 1.165) is 33.9 Å². The molecule has 52 heavy (non-hydrogen) atoms. The Labute approximate surface area is 355 Å². The molecule has 278 valence electrons. The van der Waals surface area contributed by atoms with Gasteiger partial charge in [-0.15, -0.1) is 24.8 Å². The first-order chi connectivity index (χ1) is 23.8. The van der Waals surface area contributed by atoms with Crippen LogP contribution in [-0.2, 0) is 17.4 Å². The van der Waals surface area contributed by atoms with Crippen LogP contribution in [0.3, 0.4) is 0 Å². The number of benzene rings is 4. The van der Waals surface area contributed by atoms with E-state index >= 15 is 0 Å². The molecule has 0 heterocycles. The van der Waals surface area contributed by atoms with Crippen LogP contribution >= 0.6 is 91.3 Å². The van der Waals surface area contributed by atoms with Gasteiger partial charge in [-0.3, -0.25) is 0 Å². The Hall–Kier alpha value is 0.214. The summed E-state index contributed by atoms with van der Waals surface area (Å²) in [6, 6.07) is 31.2. The molecule has 2 unspecified atom stereocenters. The second kappa shape index (κ2) is 18.2. The van der Waals surface area contributed by atoms with Gasteiger partial charge >= 0.3 is 335 Å². The molecule has 4 aromatic carbocycles. The van der Waals surface area contributed by atoms with E-state index in [9.17, 15) is 0 Å². The van der Waals surface area contributed by atoms with Crippen LogP contribution in [-0.4, -0.2) is 18.9 Å². The molecule has 0 aliphatic heterocycles. The summed E-state index contributed by atoms with van der Waals surface area (Å²) in [4.78, 5) is 0. The number of allylic oxidation sites excluding steroid dienone is 2. The van der Waals surface area contributed by atoms with E-state index in [-0.39, 0.29) is 24.8 Å². The van der Waals surface area contributed by atoms with Crippen LogP contribution in [0, 0.1) is 0 Å². The van der Waals surface area contributed by atoms with Crippen molar-refractivity contribution in [1.29, 1.82) is 0 Å². The van der Waals surface area contributed by atoms with Crippen LogP contribution < -0.4 is 0 Å². The maximum atomic E-state index is 6.67. The molecule has 0 saturated heterocycles. The maximum Gasteiger partial charge on any atom is -0.147 e. The quantitative estimate of drug-likeness (QED) is 0.0872. The zero-order valence-corrected chi connectivity index (χ0v) is 41.5. The summed E-state index contributed by atoms with van der Waals surface area (Å²) in [5, 5.41) is 0. The van der Waals surface area contributed by atoms with Gasteiger partial charge in [0, 0.05) is 0 Å². The Morgan fingerprint density at radius 2 is 0.904 bits per heavy atom. The Balaban J connectivity index is 0.00000302. The molecule has 2 atom stereocenters. The fourth-order valence-electron chi connectivity index (χ4n) is 9.47. The molecule has 0 saturated carbocycles. The van der Waals surface area contributed by atoms with Crippen molar-refractivity contribution in [3.63, 3.8) is 0 Å². The molecule has 0 N–H and O–H groups in total. The molecule has 2 aliphatic rings. The second-order valence-electron chi connectivity index (χ2n) is 14.4.